The van der Waals surface area contributed by atoms with Crippen molar-refractivity contribution in [3.05, 3.63) is 0 Å². The highest BCUT2D eigenvalue weighted by molar-refractivity contribution is 7.80. The third kappa shape index (κ3) is 7.99. The van der Waals surface area contributed by atoms with Crippen LogP contribution in [0.25, 0.3) is 0 Å². The molecule has 0 aliphatic heterocycles. The molecule has 0 aliphatic carbocycles. The van der Waals surface area contributed by atoms with Gasteiger partial charge in [-0.15, -0.1) is 0 Å². The van der Waals surface area contributed by atoms with E-state index in [1.54, 1.807) is 0 Å². The van der Waals surface area contributed by atoms with Gasteiger partial charge in [-0.2, -0.15) is 12.6 Å². The highest BCUT2D eigenvalue weighted by atomic mass is 32.1. The molecule has 0 aromatic heterocycles. The molecule has 0 saturated carbocycles. The van der Waals surface area contributed by atoms with E-state index >= 15 is 0 Å². The molecule has 1 unspecified atom stereocenters. The van der Waals surface area contributed by atoms with Crippen LogP contribution in [0.15, 0.2) is 0 Å². The van der Waals surface area contributed by atoms with Crippen LogP contribution in [0, 0.1) is 0 Å². The first-order valence-corrected chi connectivity index (χ1v) is 6.89. The van der Waals surface area contributed by atoms with Gasteiger partial charge in [-0.05, 0) is 45.2 Å². The first kappa shape index (κ1) is 15.8. The van der Waals surface area contributed by atoms with Gasteiger partial charge in [0.2, 0.25) is 5.91 Å². The molecule has 0 aromatic rings. The number of thiol groups is 1. The molecule has 1 amide bonds. The summed E-state index contributed by atoms with van der Waals surface area (Å²) >= 11 is 4.04. The van der Waals surface area contributed by atoms with E-state index in [9.17, 15) is 4.79 Å². The van der Waals surface area contributed by atoms with Crippen molar-refractivity contribution in [3.8, 4) is 0 Å². The summed E-state index contributed by atoms with van der Waals surface area (Å²) in [5, 5.41) is 2.98. The fraction of sp³-hybridized carbons (Fsp3) is 0.917. The summed E-state index contributed by atoms with van der Waals surface area (Å²) in [6.45, 7) is 9.77. The van der Waals surface area contributed by atoms with Crippen molar-refractivity contribution in [1.82, 2.24) is 10.2 Å². The molecule has 0 heterocycles. The van der Waals surface area contributed by atoms with Crippen LogP contribution in [-0.2, 0) is 4.79 Å². The number of carbonyl (C=O) groups excluding carboxylic acids is 1. The first-order valence-electron chi connectivity index (χ1n) is 6.26. The second kappa shape index (κ2) is 9.97. The Kier molecular flexibility index (Phi) is 9.83. The molecule has 3 nitrogen and oxygen atoms in total. The zero-order valence-electron chi connectivity index (χ0n) is 10.8. The van der Waals surface area contributed by atoms with Crippen molar-refractivity contribution in [3.63, 3.8) is 0 Å². The Bertz CT molecular complexity index is 184. The van der Waals surface area contributed by atoms with Gasteiger partial charge in [-0.3, -0.25) is 4.79 Å². The van der Waals surface area contributed by atoms with Crippen LogP contribution in [0.5, 0.6) is 0 Å². The highest BCUT2D eigenvalue weighted by Crippen LogP contribution is 2.00. The average Bonchev–Trinajstić information content (AvgIpc) is 2.24. The van der Waals surface area contributed by atoms with E-state index in [4.69, 9.17) is 0 Å². The molecule has 0 rings (SSSR count). The smallest absolute Gasteiger partial charge is 0.221 e. The number of nitrogens with one attached hydrogen (secondary N) is 1. The first-order chi connectivity index (χ1) is 7.63. The van der Waals surface area contributed by atoms with Gasteiger partial charge in [-0.25, -0.2) is 0 Å². The third-order valence-electron chi connectivity index (χ3n) is 2.75. The van der Waals surface area contributed by atoms with Crippen molar-refractivity contribution < 1.29 is 4.79 Å². The maximum absolute atomic E-state index is 11.3. The molecule has 0 spiro atoms. The third-order valence-corrected chi connectivity index (χ3v) is 2.98. The minimum atomic E-state index is 0.116. The summed E-state index contributed by atoms with van der Waals surface area (Å²) in [6, 6.07) is 0.281. The Hall–Kier alpha value is -0.220. The molecule has 4 heteroatoms. The van der Waals surface area contributed by atoms with Gasteiger partial charge in [0.05, 0.1) is 0 Å². The van der Waals surface area contributed by atoms with Gasteiger partial charge in [0.15, 0.2) is 0 Å². The van der Waals surface area contributed by atoms with Crippen LogP contribution < -0.4 is 5.32 Å². The van der Waals surface area contributed by atoms with Gasteiger partial charge in [0.1, 0.15) is 0 Å². The van der Waals surface area contributed by atoms with E-state index in [1.165, 1.54) is 0 Å². The summed E-state index contributed by atoms with van der Waals surface area (Å²) in [5.41, 5.74) is 0. The lowest BCUT2D eigenvalue weighted by molar-refractivity contribution is -0.121. The zero-order valence-corrected chi connectivity index (χ0v) is 11.7. The molecule has 0 aliphatic rings. The highest BCUT2D eigenvalue weighted by Gasteiger charge is 2.07. The predicted octanol–water partition coefficient (Wildman–Crippen LogP) is 1.93. The lowest BCUT2D eigenvalue weighted by atomic mass is 10.1. The minimum Gasteiger partial charge on any atom is -0.354 e. The summed E-state index contributed by atoms with van der Waals surface area (Å²) in [4.78, 5) is 13.7. The lowest BCUT2D eigenvalue weighted by Crippen LogP contribution is -2.33. The Labute approximate surface area is 105 Å². The standard InChI is InChI=1S/C12H26N2OS/c1-4-14(5-2)9-6-7-11(3)13-12(15)8-10-16/h11,16H,4-10H2,1-3H3,(H,13,15). The molecule has 0 fully saturated rings. The van der Waals surface area contributed by atoms with Crippen molar-refractivity contribution >= 4 is 18.5 Å². The van der Waals surface area contributed by atoms with E-state index < -0.39 is 0 Å². The van der Waals surface area contributed by atoms with Crippen LogP contribution in [0.3, 0.4) is 0 Å². The molecule has 0 aromatic carbocycles. The molecule has 96 valence electrons. The van der Waals surface area contributed by atoms with Crippen LogP contribution in [0.2, 0.25) is 0 Å². The molecule has 0 radical (unpaired) electrons. The van der Waals surface area contributed by atoms with Crippen LogP contribution in [0.1, 0.15) is 40.0 Å². The van der Waals surface area contributed by atoms with Crippen molar-refractivity contribution in [1.29, 1.82) is 0 Å². The largest absolute Gasteiger partial charge is 0.354 e. The molecule has 1 atom stereocenters. The number of hydrogen-bond donors (Lipinski definition) is 2. The lowest BCUT2D eigenvalue weighted by Gasteiger charge is -2.19. The van der Waals surface area contributed by atoms with Gasteiger partial charge in [0, 0.05) is 12.5 Å². The van der Waals surface area contributed by atoms with E-state index in [2.05, 4.69) is 43.6 Å². The van der Waals surface area contributed by atoms with Crippen molar-refractivity contribution in [2.75, 3.05) is 25.4 Å². The number of nitrogens with zero attached hydrogens (tertiary/aromatic N) is 1. The maximum Gasteiger partial charge on any atom is 0.221 e. The Morgan fingerprint density at radius 1 is 1.38 bits per heavy atom. The number of rotatable bonds is 9. The normalized spacial score (nSPS) is 12.8. The molecule has 0 bridgehead atoms. The van der Waals surface area contributed by atoms with Gasteiger partial charge in [-0.1, -0.05) is 13.8 Å². The van der Waals surface area contributed by atoms with Crippen LogP contribution in [-0.4, -0.2) is 42.2 Å². The predicted molar refractivity (Wildman–Crippen MR) is 73.1 cm³/mol. The molecule has 1 N–H and O–H groups in total. The van der Waals surface area contributed by atoms with E-state index in [0.29, 0.717) is 12.2 Å². The van der Waals surface area contributed by atoms with Gasteiger partial charge < -0.3 is 10.2 Å². The Morgan fingerprint density at radius 2 is 2.00 bits per heavy atom. The monoisotopic (exact) mass is 246 g/mol. The maximum atomic E-state index is 11.3. The number of carbonyl (C=O) groups is 1. The van der Waals surface area contributed by atoms with E-state index in [0.717, 1.165) is 32.5 Å². The molecule has 0 saturated heterocycles. The van der Waals surface area contributed by atoms with Crippen molar-refractivity contribution in [2.24, 2.45) is 0 Å². The fourth-order valence-electron chi connectivity index (χ4n) is 1.68. The van der Waals surface area contributed by atoms with Crippen molar-refractivity contribution in [2.45, 2.75) is 46.1 Å². The fourth-order valence-corrected chi connectivity index (χ4v) is 1.88. The minimum absolute atomic E-state index is 0.116. The van der Waals surface area contributed by atoms with Gasteiger partial charge in [0.25, 0.3) is 0 Å². The summed E-state index contributed by atoms with van der Waals surface area (Å²) < 4.78 is 0. The average molecular weight is 246 g/mol. The molecule has 16 heavy (non-hydrogen) atoms. The summed E-state index contributed by atoms with van der Waals surface area (Å²) in [6.07, 6.45) is 2.71. The number of hydrogen-bond acceptors (Lipinski definition) is 3. The quantitative estimate of drug-likeness (QED) is 0.609. The summed E-state index contributed by atoms with van der Waals surface area (Å²) in [7, 11) is 0. The topological polar surface area (TPSA) is 32.3 Å². The Balaban J connectivity index is 3.56. The number of amides is 1. The van der Waals surface area contributed by atoms with Crippen LogP contribution in [0.4, 0.5) is 0 Å². The second-order valence-corrected chi connectivity index (χ2v) is 4.56. The van der Waals surface area contributed by atoms with Crippen LogP contribution >= 0.6 is 12.6 Å². The second-order valence-electron chi connectivity index (χ2n) is 4.11. The molecular formula is C12H26N2OS. The zero-order chi connectivity index (χ0) is 12.4. The van der Waals surface area contributed by atoms with E-state index in [-0.39, 0.29) is 11.9 Å². The van der Waals surface area contributed by atoms with E-state index in [1.807, 2.05) is 0 Å². The van der Waals surface area contributed by atoms with Gasteiger partial charge >= 0.3 is 0 Å². The Morgan fingerprint density at radius 3 is 2.50 bits per heavy atom. The summed E-state index contributed by atoms with van der Waals surface area (Å²) in [5.74, 6) is 0.739. The molecular weight excluding hydrogens is 220 g/mol. The SMILES string of the molecule is CCN(CC)CCCC(C)NC(=O)CCS.